The SMILES string of the molecule is Cc1nc(C)c(C(C)N[C@H](C)c2cccc(Br)c2)c(=O)[nH]1. The number of benzene rings is 1. The van der Waals surface area contributed by atoms with Gasteiger partial charge in [-0.05, 0) is 45.4 Å². The molecular formula is C16H20BrN3O. The van der Waals surface area contributed by atoms with Crippen LogP contribution < -0.4 is 10.9 Å². The lowest BCUT2D eigenvalue weighted by atomic mass is 10.0. The number of rotatable bonds is 4. The van der Waals surface area contributed by atoms with Crippen molar-refractivity contribution in [1.82, 2.24) is 15.3 Å². The molecule has 2 N–H and O–H groups in total. The molecule has 1 heterocycles. The van der Waals surface area contributed by atoms with Crippen molar-refractivity contribution in [2.24, 2.45) is 0 Å². The van der Waals surface area contributed by atoms with Crippen LogP contribution in [0.3, 0.4) is 0 Å². The second-order valence-electron chi connectivity index (χ2n) is 5.32. The lowest BCUT2D eigenvalue weighted by Gasteiger charge is -2.21. The summed E-state index contributed by atoms with van der Waals surface area (Å²) in [6.07, 6.45) is 0. The second kappa shape index (κ2) is 6.54. The molecule has 0 saturated carbocycles. The maximum atomic E-state index is 12.1. The molecule has 0 aliphatic heterocycles. The molecule has 0 fully saturated rings. The predicted molar refractivity (Wildman–Crippen MR) is 88.4 cm³/mol. The van der Waals surface area contributed by atoms with Crippen molar-refractivity contribution in [3.8, 4) is 0 Å². The first-order chi connectivity index (χ1) is 9.88. The average molecular weight is 350 g/mol. The number of nitrogens with one attached hydrogen (secondary N) is 2. The minimum Gasteiger partial charge on any atom is -0.310 e. The summed E-state index contributed by atoms with van der Waals surface area (Å²) in [5.74, 6) is 0.647. The Hall–Kier alpha value is -1.46. The molecule has 2 aromatic rings. The third kappa shape index (κ3) is 3.80. The summed E-state index contributed by atoms with van der Waals surface area (Å²) in [6.45, 7) is 7.74. The summed E-state index contributed by atoms with van der Waals surface area (Å²) in [5, 5.41) is 3.46. The Labute approximate surface area is 133 Å². The molecule has 0 aliphatic carbocycles. The van der Waals surface area contributed by atoms with Crippen LogP contribution in [0.15, 0.2) is 33.5 Å². The number of halogens is 1. The summed E-state index contributed by atoms with van der Waals surface area (Å²) in [4.78, 5) is 19.2. The van der Waals surface area contributed by atoms with Crippen LogP contribution in [-0.2, 0) is 0 Å². The summed E-state index contributed by atoms with van der Waals surface area (Å²) >= 11 is 3.48. The van der Waals surface area contributed by atoms with Crippen LogP contribution in [0.1, 0.15) is 48.6 Å². The van der Waals surface area contributed by atoms with Crippen molar-refractivity contribution in [2.45, 2.75) is 39.8 Å². The number of hydrogen-bond acceptors (Lipinski definition) is 3. The number of hydrogen-bond donors (Lipinski definition) is 2. The number of aryl methyl sites for hydroxylation is 2. The van der Waals surface area contributed by atoms with E-state index in [0.29, 0.717) is 11.4 Å². The van der Waals surface area contributed by atoms with Crippen LogP contribution in [0, 0.1) is 13.8 Å². The van der Waals surface area contributed by atoms with E-state index in [1.807, 2.05) is 26.0 Å². The monoisotopic (exact) mass is 349 g/mol. The Balaban J connectivity index is 2.22. The molecule has 2 atom stereocenters. The third-order valence-corrected chi connectivity index (χ3v) is 4.04. The molecule has 112 valence electrons. The molecule has 0 aliphatic rings. The van der Waals surface area contributed by atoms with Gasteiger partial charge in [0.25, 0.3) is 5.56 Å². The summed E-state index contributed by atoms with van der Waals surface area (Å²) in [5.41, 5.74) is 2.58. The standard InChI is InChI=1S/C16H20BrN3O/c1-9(13-6-5-7-14(17)8-13)18-10(2)15-11(3)19-12(4)20-16(15)21/h5-10,18H,1-4H3,(H,19,20,21)/t9-,10?/m1/s1. The number of aromatic nitrogens is 2. The van der Waals surface area contributed by atoms with Crippen molar-refractivity contribution < 1.29 is 0 Å². The van der Waals surface area contributed by atoms with Gasteiger partial charge >= 0.3 is 0 Å². The van der Waals surface area contributed by atoms with Gasteiger partial charge in [-0.2, -0.15) is 0 Å². The van der Waals surface area contributed by atoms with Crippen LogP contribution in [0.4, 0.5) is 0 Å². The fourth-order valence-corrected chi connectivity index (χ4v) is 2.99. The van der Waals surface area contributed by atoms with E-state index in [2.05, 4.69) is 50.3 Å². The van der Waals surface area contributed by atoms with Crippen LogP contribution in [0.5, 0.6) is 0 Å². The van der Waals surface area contributed by atoms with Crippen molar-refractivity contribution in [3.05, 3.63) is 61.7 Å². The predicted octanol–water partition coefficient (Wildman–Crippen LogP) is 3.56. The van der Waals surface area contributed by atoms with E-state index in [4.69, 9.17) is 0 Å². The highest BCUT2D eigenvalue weighted by Crippen LogP contribution is 2.21. The Bertz CT molecular complexity index is 696. The van der Waals surface area contributed by atoms with Gasteiger partial charge in [0, 0.05) is 22.3 Å². The molecule has 0 saturated heterocycles. The molecule has 0 amide bonds. The lowest BCUT2D eigenvalue weighted by molar-refractivity contribution is 0.487. The zero-order valence-electron chi connectivity index (χ0n) is 12.7. The van der Waals surface area contributed by atoms with Crippen LogP contribution in [0.2, 0.25) is 0 Å². The highest BCUT2D eigenvalue weighted by Gasteiger charge is 2.17. The van der Waals surface area contributed by atoms with Gasteiger partial charge in [-0.15, -0.1) is 0 Å². The summed E-state index contributed by atoms with van der Waals surface area (Å²) in [7, 11) is 0. The van der Waals surface area contributed by atoms with Gasteiger partial charge in [-0.3, -0.25) is 4.79 Å². The van der Waals surface area contributed by atoms with E-state index in [1.54, 1.807) is 6.92 Å². The quantitative estimate of drug-likeness (QED) is 0.887. The van der Waals surface area contributed by atoms with E-state index in [1.165, 1.54) is 5.56 Å². The maximum absolute atomic E-state index is 12.1. The molecule has 1 unspecified atom stereocenters. The van der Waals surface area contributed by atoms with Gasteiger partial charge in [0.05, 0.1) is 5.56 Å². The zero-order valence-corrected chi connectivity index (χ0v) is 14.3. The minimum absolute atomic E-state index is 0.0681. The summed E-state index contributed by atoms with van der Waals surface area (Å²) in [6, 6.07) is 8.22. The molecule has 0 bridgehead atoms. The third-order valence-electron chi connectivity index (χ3n) is 3.55. The van der Waals surface area contributed by atoms with E-state index in [0.717, 1.165) is 10.2 Å². The van der Waals surface area contributed by atoms with Crippen molar-refractivity contribution in [1.29, 1.82) is 0 Å². The van der Waals surface area contributed by atoms with Crippen molar-refractivity contribution in [3.63, 3.8) is 0 Å². The first-order valence-corrected chi connectivity index (χ1v) is 7.76. The topological polar surface area (TPSA) is 57.8 Å². The van der Waals surface area contributed by atoms with Gasteiger partial charge < -0.3 is 10.3 Å². The van der Waals surface area contributed by atoms with Gasteiger partial charge in [0.15, 0.2) is 0 Å². The van der Waals surface area contributed by atoms with Crippen molar-refractivity contribution in [2.75, 3.05) is 0 Å². The lowest BCUT2D eigenvalue weighted by Crippen LogP contribution is -2.29. The van der Waals surface area contributed by atoms with Crippen LogP contribution >= 0.6 is 15.9 Å². The average Bonchev–Trinajstić information content (AvgIpc) is 2.37. The second-order valence-corrected chi connectivity index (χ2v) is 6.23. The Morgan fingerprint density at radius 1 is 1.24 bits per heavy atom. The highest BCUT2D eigenvalue weighted by molar-refractivity contribution is 9.10. The molecular weight excluding hydrogens is 330 g/mol. The number of H-pyrrole nitrogens is 1. The van der Waals surface area contributed by atoms with E-state index in [-0.39, 0.29) is 17.6 Å². The van der Waals surface area contributed by atoms with Gasteiger partial charge in [0.1, 0.15) is 5.82 Å². The molecule has 2 rings (SSSR count). The minimum atomic E-state index is -0.0733. The summed E-state index contributed by atoms with van der Waals surface area (Å²) < 4.78 is 1.05. The fraction of sp³-hybridized carbons (Fsp3) is 0.375. The van der Waals surface area contributed by atoms with Crippen LogP contribution in [-0.4, -0.2) is 9.97 Å². The molecule has 5 heteroatoms. The molecule has 1 aromatic carbocycles. The van der Waals surface area contributed by atoms with E-state index < -0.39 is 0 Å². The van der Waals surface area contributed by atoms with Gasteiger partial charge in [-0.25, -0.2) is 4.98 Å². The molecule has 4 nitrogen and oxygen atoms in total. The molecule has 0 radical (unpaired) electrons. The Morgan fingerprint density at radius 2 is 1.95 bits per heavy atom. The molecule has 21 heavy (non-hydrogen) atoms. The van der Waals surface area contributed by atoms with Gasteiger partial charge in [0.2, 0.25) is 0 Å². The Morgan fingerprint density at radius 3 is 2.57 bits per heavy atom. The van der Waals surface area contributed by atoms with E-state index in [9.17, 15) is 4.79 Å². The van der Waals surface area contributed by atoms with E-state index >= 15 is 0 Å². The van der Waals surface area contributed by atoms with Gasteiger partial charge in [-0.1, -0.05) is 28.1 Å². The Kier molecular flexibility index (Phi) is 4.96. The maximum Gasteiger partial charge on any atom is 0.255 e. The zero-order chi connectivity index (χ0) is 15.6. The first-order valence-electron chi connectivity index (χ1n) is 6.97. The molecule has 0 spiro atoms. The largest absolute Gasteiger partial charge is 0.310 e. The first kappa shape index (κ1) is 15.9. The highest BCUT2D eigenvalue weighted by atomic mass is 79.9. The fourth-order valence-electron chi connectivity index (χ4n) is 2.58. The molecule has 1 aromatic heterocycles. The van der Waals surface area contributed by atoms with Crippen molar-refractivity contribution >= 4 is 15.9 Å². The smallest absolute Gasteiger partial charge is 0.255 e. The number of aromatic amines is 1. The van der Waals surface area contributed by atoms with Crippen LogP contribution in [0.25, 0.3) is 0 Å². The number of nitrogens with zero attached hydrogens (tertiary/aromatic N) is 1. The normalized spacial score (nSPS) is 14.0.